The molecule has 0 saturated carbocycles. The van der Waals surface area contributed by atoms with Crippen LogP contribution in [0.5, 0.6) is 5.75 Å². The van der Waals surface area contributed by atoms with Crippen molar-refractivity contribution in [2.45, 2.75) is 26.0 Å². The fourth-order valence-corrected chi connectivity index (χ4v) is 2.63. The van der Waals surface area contributed by atoms with Crippen LogP contribution in [0, 0.1) is 0 Å². The molecule has 1 aromatic rings. The van der Waals surface area contributed by atoms with Gasteiger partial charge in [-0.1, -0.05) is 18.2 Å². The second-order valence-corrected chi connectivity index (χ2v) is 6.38. The standard InChI is InChI=1S/C18H24F2N2O3/c1-18(2,22-9-11-24-12-10-22)13-21-16(23)8-7-14-5-3-4-6-15(14)25-17(19)20/h3-8,17H,9-13H2,1-2H3,(H,21,23)/b8-7+. The number of hydrogen-bond donors (Lipinski definition) is 1. The van der Waals surface area contributed by atoms with Crippen LogP contribution in [-0.2, 0) is 9.53 Å². The van der Waals surface area contributed by atoms with Gasteiger partial charge in [-0.25, -0.2) is 0 Å². The number of ether oxygens (including phenoxy) is 2. The Hall–Kier alpha value is -1.99. The molecule has 2 rings (SSSR count). The van der Waals surface area contributed by atoms with Crippen LogP contribution in [0.15, 0.2) is 30.3 Å². The van der Waals surface area contributed by atoms with E-state index in [-0.39, 0.29) is 17.2 Å². The maximum Gasteiger partial charge on any atom is 0.387 e. The average Bonchev–Trinajstić information content (AvgIpc) is 2.59. The molecule has 7 heteroatoms. The minimum absolute atomic E-state index is 0.0372. The van der Waals surface area contributed by atoms with Crippen LogP contribution in [0.3, 0.4) is 0 Å². The monoisotopic (exact) mass is 354 g/mol. The summed E-state index contributed by atoms with van der Waals surface area (Å²) < 4.78 is 34.6. The van der Waals surface area contributed by atoms with Crippen molar-refractivity contribution in [1.29, 1.82) is 0 Å². The Morgan fingerprint density at radius 1 is 1.36 bits per heavy atom. The van der Waals surface area contributed by atoms with Crippen LogP contribution in [0.1, 0.15) is 19.4 Å². The number of carbonyl (C=O) groups excluding carboxylic acids is 1. The molecule has 0 unspecified atom stereocenters. The van der Waals surface area contributed by atoms with Gasteiger partial charge in [0.25, 0.3) is 0 Å². The van der Waals surface area contributed by atoms with Crippen molar-refractivity contribution < 1.29 is 23.0 Å². The van der Waals surface area contributed by atoms with Gasteiger partial charge in [-0.15, -0.1) is 0 Å². The second-order valence-electron chi connectivity index (χ2n) is 6.38. The molecular weight excluding hydrogens is 330 g/mol. The minimum Gasteiger partial charge on any atom is -0.434 e. The molecule has 0 aliphatic carbocycles. The number of rotatable bonds is 7. The molecule has 0 atom stereocenters. The molecule has 25 heavy (non-hydrogen) atoms. The molecule has 0 aromatic heterocycles. The number of halogens is 2. The number of para-hydroxylation sites is 1. The molecule has 1 saturated heterocycles. The van der Waals surface area contributed by atoms with Crippen LogP contribution < -0.4 is 10.1 Å². The fourth-order valence-electron chi connectivity index (χ4n) is 2.63. The van der Waals surface area contributed by atoms with E-state index < -0.39 is 6.61 Å². The van der Waals surface area contributed by atoms with Crippen molar-refractivity contribution in [2.75, 3.05) is 32.8 Å². The normalized spacial score (nSPS) is 16.4. The van der Waals surface area contributed by atoms with Crippen LogP contribution in [0.25, 0.3) is 6.08 Å². The van der Waals surface area contributed by atoms with E-state index >= 15 is 0 Å². The van der Waals surface area contributed by atoms with Crippen molar-refractivity contribution in [3.05, 3.63) is 35.9 Å². The number of nitrogens with one attached hydrogen (secondary N) is 1. The third-order valence-corrected chi connectivity index (χ3v) is 4.11. The Balaban J connectivity index is 1.90. The molecule has 0 radical (unpaired) electrons. The summed E-state index contributed by atoms with van der Waals surface area (Å²) in [7, 11) is 0. The smallest absolute Gasteiger partial charge is 0.387 e. The first-order valence-corrected chi connectivity index (χ1v) is 8.21. The minimum atomic E-state index is -2.90. The van der Waals surface area contributed by atoms with E-state index in [1.54, 1.807) is 18.2 Å². The number of nitrogens with zero attached hydrogens (tertiary/aromatic N) is 1. The lowest BCUT2D eigenvalue weighted by atomic mass is 10.0. The third kappa shape index (κ3) is 6.10. The molecular formula is C18H24F2N2O3. The predicted octanol–water partition coefficient (Wildman–Crippen LogP) is 2.53. The Labute approximate surface area is 146 Å². The first-order valence-electron chi connectivity index (χ1n) is 8.21. The van der Waals surface area contributed by atoms with E-state index in [9.17, 15) is 13.6 Å². The van der Waals surface area contributed by atoms with E-state index in [4.69, 9.17) is 4.74 Å². The fraction of sp³-hybridized carbons (Fsp3) is 0.500. The molecule has 1 N–H and O–H groups in total. The highest BCUT2D eigenvalue weighted by Crippen LogP contribution is 2.21. The molecule has 138 valence electrons. The van der Waals surface area contributed by atoms with Crippen molar-refractivity contribution in [2.24, 2.45) is 0 Å². The van der Waals surface area contributed by atoms with Gasteiger partial charge in [0.1, 0.15) is 5.75 Å². The molecule has 1 aliphatic rings. The van der Waals surface area contributed by atoms with Gasteiger partial charge in [0.2, 0.25) is 5.91 Å². The molecule has 1 aromatic carbocycles. The van der Waals surface area contributed by atoms with Crippen LogP contribution in [0.4, 0.5) is 8.78 Å². The lowest BCUT2D eigenvalue weighted by Gasteiger charge is -2.40. The Morgan fingerprint density at radius 2 is 2.04 bits per heavy atom. The largest absolute Gasteiger partial charge is 0.434 e. The first-order chi connectivity index (χ1) is 11.9. The highest BCUT2D eigenvalue weighted by Gasteiger charge is 2.28. The molecule has 0 spiro atoms. The van der Waals surface area contributed by atoms with Crippen molar-refractivity contribution in [3.8, 4) is 5.75 Å². The number of amides is 1. The van der Waals surface area contributed by atoms with Gasteiger partial charge >= 0.3 is 6.61 Å². The number of morpholine rings is 1. The van der Waals surface area contributed by atoms with Gasteiger partial charge in [0.15, 0.2) is 0 Å². The quantitative estimate of drug-likeness (QED) is 0.765. The maximum atomic E-state index is 12.4. The summed E-state index contributed by atoms with van der Waals surface area (Å²) in [6.45, 7) is 4.75. The summed E-state index contributed by atoms with van der Waals surface area (Å²) in [5.74, 6) is -0.247. The van der Waals surface area contributed by atoms with Gasteiger partial charge < -0.3 is 14.8 Å². The first kappa shape index (κ1) is 19.3. The zero-order chi connectivity index (χ0) is 18.3. The zero-order valence-corrected chi connectivity index (χ0v) is 14.5. The zero-order valence-electron chi connectivity index (χ0n) is 14.5. The SMILES string of the molecule is CC(C)(CNC(=O)/C=C/c1ccccc1OC(F)F)N1CCOCC1. The molecule has 0 bridgehead atoms. The van der Waals surface area contributed by atoms with Gasteiger partial charge in [-0.3, -0.25) is 9.69 Å². The summed E-state index contributed by atoms with van der Waals surface area (Å²) in [4.78, 5) is 14.3. The molecule has 5 nitrogen and oxygen atoms in total. The summed E-state index contributed by atoms with van der Waals surface area (Å²) >= 11 is 0. The summed E-state index contributed by atoms with van der Waals surface area (Å²) in [6.07, 6.45) is 2.79. The van der Waals surface area contributed by atoms with Crippen molar-refractivity contribution in [3.63, 3.8) is 0 Å². The van der Waals surface area contributed by atoms with Crippen LogP contribution in [0.2, 0.25) is 0 Å². The van der Waals surface area contributed by atoms with Crippen LogP contribution >= 0.6 is 0 Å². The molecule has 1 aliphatic heterocycles. The topological polar surface area (TPSA) is 50.8 Å². The Bertz CT molecular complexity index is 600. The van der Waals surface area contributed by atoms with Gasteiger partial charge in [0.05, 0.1) is 13.2 Å². The predicted molar refractivity (Wildman–Crippen MR) is 91.6 cm³/mol. The highest BCUT2D eigenvalue weighted by molar-refractivity contribution is 5.92. The molecule has 1 heterocycles. The van der Waals surface area contributed by atoms with Crippen molar-refractivity contribution in [1.82, 2.24) is 10.2 Å². The summed E-state index contributed by atoms with van der Waals surface area (Å²) in [5.41, 5.74) is 0.231. The van der Waals surface area contributed by atoms with Crippen LogP contribution in [-0.4, -0.2) is 55.8 Å². The average molecular weight is 354 g/mol. The Morgan fingerprint density at radius 3 is 2.72 bits per heavy atom. The summed E-state index contributed by atoms with van der Waals surface area (Å²) in [6, 6.07) is 6.34. The van der Waals surface area contributed by atoms with Gasteiger partial charge in [-0.05, 0) is 26.0 Å². The lowest BCUT2D eigenvalue weighted by Crippen LogP contribution is -2.55. The summed E-state index contributed by atoms with van der Waals surface area (Å²) in [5, 5.41) is 2.85. The maximum absolute atomic E-state index is 12.4. The second kappa shape index (κ2) is 8.92. The van der Waals surface area contributed by atoms with Gasteiger partial charge in [-0.2, -0.15) is 8.78 Å². The number of carbonyl (C=O) groups is 1. The Kier molecular flexibility index (Phi) is 6.90. The van der Waals surface area contributed by atoms with E-state index in [0.29, 0.717) is 25.3 Å². The number of alkyl halides is 2. The van der Waals surface area contributed by atoms with E-state index in [0.717, 1.165) is 13.1 Å². The lowest BCUT2D eigenvalue weighted by molar-refractivity contribution is -0.117. The highest BCUT2D eigenvalue weighted by atomic mass is 19.3. The van der Waals surface area contributed by atoms with Gasteiger partial charge in [0, 0.05) is 36.8 Å². The molecule has 1 fully saturated rings. The number of hydrogen-bond acceptors (Lipinski definition) is 4. The molecule has 1 amide bonds. The van der Waals surface area contributed by atoms with E-state index in [1.807, 2.05) is 0 Å². The van der Waals surface area contributed by atoms with E-state index in [1.165, 1.54) is 18.2 Å². The van der Waals surface area contributed by atoms with E-state index in [2.05, 4.69) is 28.8 Å². The third-order valence-electron chi connectivity index (χ3n) is 4.11. The number of benzene rings is 1. The van der Waals surface area contributed by atoms with Crippen molar-refractivity contribution >= 4 is 12.0 Å².